The SMILES string of the molecule is C1=CC2=[N+](c3ccccc3)c3cc4c(cc3N(c3ccccc3)C2C=C1)=c1cc(-n2c3ccccc3c3cc(-n5c6ccccc6c6ccccc65)ccc32)ccc1=c1ccccc1=c1ccccc1=4. The fourth-order valence-corrected chi connectivity index (χ4v) is 12.0. The monoisotopic (exact) mass is 891 g/mol. The summed E-state index contributed by atoms with van der Waals surface area (Å²) in [6, 6.07) is 85.3. The van der Waals surface area contributed by atoms with Gasteiger partial charge in [-0.3, -0.25) is 0 Å². The number of benzene rings is 10. The molecule has 10 aromatic carbocycles. The summed E-state index contributed by atoms with van der Waals surface area (Å²) in [6.07, 6.45) is 8.99. The summed E-state index contributed by atoms with van der Waals surface area (Å²) in [6.45, 7) is 0. The zero-order valence-corrected chi connectivity index (χ0v) is 38.1. The molecule has 0 saturated heterocycles. The summed E-state index contributed by atoms with van der Waals surface area (Å²) in [5.41, 5.74) is 12.8. The molecule has 0 radical (unpaired) electrons. The molecule has 1 unspecified atom stereocenters. The third-order valence-corrected chi connectivity index (χ3v) is 14.9. The highest BCUT2D eigenvalue weighted by Gasteiger charge is 2.40. The van der Waals surface area contributed by atoms with Crippen LogP contribution in [-0.2, 0) is 0 Å². The van der Waals surface area contributed by atoms with Gasteiger partial charge in [-0.05, 0) is 108 Å². The largest absolute Gasteiger partial charge is 0.319 e. The molecule has 12 aromatic rings. The van der Waals surface area contributed by atoms with E-state index in [4.69, 9.17) is 0 Å². The number of nitrogens with zero attached hydrogens (tertiary/aromatic N) is 4. The molecule has 326 valence electrons. The second kappa shape index (κ2) is 15.1. The Hall–Kier alpha value is -9.25. The predicted octanol–water partition coefficient (Wildman–Crippen LogP) is 15.3. The van der Waals surface area contributed by atoms with E-state index < -0.39 is 0 Å². The van der Waals surface area contributed by atoms with Crippen LogP contribution in [-0.4, -0.2) is 20.9 Å². The van der Waals surface area contributed by atoms with Crippen LogP contribution >= 0.6 is 0 Å². The van der Waals surface area contributed by atoms with E-state index in [-0.39, 0.29) is 6.04 Å². The van der Waals surface area contributed by atoms with Crippen molar-refractivity contribution in [1.29, 1.82) is 0 Å². The Morgan fingerprint density at radius 2 is 0.800 bits per heavy atom. The van der Waals surface area contributed by atoms with Gasteiger partial charge in [-0.1, -0.05) is 164 Å². The van der Waals surface area contributed by atoms with Gasteiger partial charge in [-0.2, -0.15) is 4.58 Å². The van der Waals surface area contributed by atoms with Crippen molar-refractivity contribution >= 4 is 72.1 Å². The van der Waals surface area contributed by atoms with Crippen molar-refractivity contribution in [3.8, 4) is 11.4 Å². The maximum atomic E-state index is 2.54. The number of fused-ring (bicyclic) bond motifs is 12. The Bertz CT molecular complexity index is 4660. The Kier molecular flexibility index (Phi) is 8.39. The minimum atomic E-state index is -0.0319. The topological polar surface area (TPSA) is 16.1 Å². The van der Waals surface area contributed by atoms with Crippen molar-refractivity contribution < 1.29 is 0 Å². The highest BCUT2D eigenvalue weighted by Crippen LogP contribution is 2.44. The van der Waals surface area contributed by atoms with Gasteiger partial charge in [-0.15, -0.1) is 0 Å². The van der Waals surface area contributed by atoms with E-state index in [2.05, 4.69) is 273 Å². The zero-order chi connectivity index (χ0) is 45.9. The van der Waals surface area contributed by atoms with Crippen LogP contribution < -0.4 is 9.48 Å². The fraction of sp³-hybridized carbons (Fsp3) is 0.0152. The molecule has 2 aromatic heterocycles. The van der Waals surface area contributed by atoms with Crippen LogP contribution in [0.5, 0.6) is 0 Å². The number of hydrogen-bond donors (Lipinski definition) is 0. The Morgan fingerprint density at radius 3 is 1.44 bits per heavy atom. The Morgan fingerprint density at radius 1 is 0.329 bits per heavy atom. The summed E-state index contributed by atoms with van der Waals surface area (Å²) in [7, 11) is 0. The normalized spacial score (nSPS) is 14.5. The second-order valence-corrected chi connectivity index (χ2v) is 18.6. The number of para-hydroxylation sites is 5. The maximum absolute atomic E-state index is 2.54. The number of aromatic nitrogens is 2. The third-order valence-electron chi connectivity index (χ3n) is 14.9. The minimum absolute atomic E-state index is 0.0319. The molecular formula is C66H43N4+. The minimum Gasteiger partial charge on any atom is -0.319 e. The van der Waals surface area contributed by atoms with Crippen molar-refractivity contribution in [2.24, 2.45) is 0 Å². The molecule has 4 nitrogen and oxygen atoms in total. The van der Waals surface area contributed by atoms with Gasteiger partial charge in [0.2, 0.25) is 17.1 Å². The zero-order valence-electron chi connectivity index (χ0n) is 38.1. The highest BCUT2D eigenvalue weighted by molar-refractivity contribution is 6.13. The van der Waals surface area contributed by atoms with Crippen molar-refractivity contribution in [2.45, 2.75) is 6.04 Å². The van der Waals surface area contributed by atoms with Gasteiger partial charge in [-0.25, -0.2) is 0 Å². The van der Waals surface area contributed by atoms with E-state index in [1.807, 2.05) is 0 Å². The summed E-state index contributed by atoms with van der Waals surface area (Å²) in [5.74, 6) is 0. The van der Waals surface area contributed by atoms with Gasteiger partial charge >= 0.3 is 0 Å². The number of hydrogen-bond acceptors (Lipinski definition) is 1. The number of allylic oxidation sites excluding steroid dienone is 2. The molecule has 0 fully saturated rings. The molecule has 0 N–H and O–H groups in total. The summed E-state index contributed by atoms with van der Waals surface area (Å²) in [4.78, 5) is 2.54. The molecule has 1 aliphatic heterocycles. The van der Waals surface area contributed by atoms with E-state index in [9.17, 15) is 0 Å². The molecule has 0 saturated carbocycles. The van der Waals surface area contributed by atoms with E-state index in [1.54, 1.807) is 0 Å². The molecule has 3 aliphatic rings. The lowest BCUT2D eigenvalue weighted by atomic mass is 9.95. The van der Waals surface area contributed by atoms with Crippen molar-refractivity contribution in [1.82, 2.24) is 13.7 Å². The first-order chi connectivity index (χ1) is 34.8. The summed E-state index contributed by atoms with van der Waals surface area (Å²) < 4.78 is 7.38. The molecule has 4 heteroatoms. The van der Waals surface area contributed by atoms with Crippen molar-refractivity contribution in [2.75, 3.05) is 4.90 Å². The first-order valence-corrected chi connectivity index (χ1v) is 24.2. The Labute approximate surface area is 402 Å². The molecule has 0 amide bonds. The molecule has 15 rings (SSSR count). The standard InChI is InChI=1S/C66H43N4/c1-3-19-43(20-4-1)67-63-33-17-18-34-64(63)68(44-21-5-2-6-22-44)66-42-57-55-39-45(35-37-51(55)49-25-8-7-23-47(49)48-24-9-10-26-50(48)56(57)41-65(66)67)70-61-32-16-13-29-54(61)58-40-46(36-38-62(58)70)69-59-30-14-11-27-52(59)53-28-12-15-31-60(53)69/h1-42,64H/q+1. The van der Waals surface area contributed by atoms with Crippen molar-refractivity contribution in [3.05, 3.63) is 297 Å². The number of rotatable bonds is 4. The predicted molar refractivity (Wildman–Crippen MR) is 289 cm³/mol. The van der Waals surface area contributed by atoms with Gasteiger partial charge in [0.05, 0.1) is 22.1 Å². The highest BCUT2D eigenvalue weighted by atomic mass is 15.2. The molecule has 0 spiro atoms. The van der Waals surface area contributed by atoms with Gasteiger partial charge in [0.1, 0.15) is 11.7 Å². The van der Waals surface area contributed by atoms with Crippen LogP contribution in [0.3, 0.4) is 0 Å². The molecule has 3 heterocycles. The van der Waals surface area contributed by atoms with Crippen LogP contribution in [0.4, 0.5) is 22.7 Å². The molecule has 0 bridgehead atoms. The maximum Gasteiger partial charge on any atom is 0.235 e. The van der Waals surface area contributed by atoms with Crippen LogP contribution in [0.2, 0.25) is 0 Å². The molecule has 70 heavy (non-hydrogen) atoms. The quantitative estimate of drug-likeness (QED) is 0.161. The van der Waals surface area contributed by atoms with E-state index in [0.717, 1.165) is 34.1 Å². The van der Waals surface area contributed by atoms with E-state index in [0.29, 0.717) is 0 Å². The van der Waals surface area contributed by atoms with Crippen LogP contribution in [0, 0.1) is 41.7 Å². The lowest BCUT2D eigenvalue weighted by molar-refractivity contribution is 0.894. The second-order valence-electron chi connectivity index (χ2n) is 18.6. The Balaban J connectivity index is 1.09. The van der Waals surface area contributed by atoms with Crippen molar-refractivity contribution in [3.63, 3.8) is 0 Å². The smallest absolute Gasteiger partial charge is 0.235 e. The van der Waals surface area contributed by atoms with Gasteiger partial charge in [0.25, 0.3) is 0 Å². The fourth-order valence-electron chi connectivity index (χ4n) is 12.0. The van der Waals surface area contributed by atoms with E-state index >= 15 is 0 Å². The van der Waals surface area contributed by atoms with Crippen LogP contribution in [0.1, 0.15) is 0 Å². The van der Waals surface area contributed by atoms with Gasteiger partial charge in [0, 0.05) is 62.9 Å². The first-order valence-electron chi connectivity index (χ1n) is 24.2. The van der Waals surface area contributed by atoms with Gasteiger partial charge < -0.3 is 14.0 Å². The average molecular weight is 892 g/mol. The van der Waals surface area contributed by atoms with Gasteiger partial charge in [0.15, 0.2) is 0 Å². The lowest BCUT2D eigenvalue weighted by Crippen LogP contribution is -2.44. The molecular weight excluding hydrogens is 849 g/mol. The summed E-state index contributed by atoms with van der Waals surface area (Å²) in [5, 5.41) is 14.6. The van der Waals surface area contributed by atoms with E-state index in [1.165, 1.54) is 91.1 Å². The average Bonchev–Trinajstić information content (AvgIpc) is 3.94. The molecule has 2 aliphatic carbocycles. The lowest BCUT2D eigenvalue weighted by Gasteiger charge is -2.35. The number of anilines is 2. The molecule has 1 atom stereocenters. The van der Waals surface area contributed by atoms with Crippen LogP contribution in [0.25, 0.3) is 55.0 Å². The van der Waals surface area contributed by atoms with Crippen LogP contribution in [0.15, 0.2) is 255 Å². The third kappa shape index (κ3) is 5.62. The summed E-state index contributed by atoms with van der Waals surface area (Å²) >= 11 is 0. The first kappa shape index (κ1) is 38.8.